The molecule has 0 aliphatic carbocycles. The number of anilines is 1. The number of nitrogens with one attached hydrogen (secondary N) is 1. The Hall–Kier alpha value is -2.96. The second-order valence-electron chi connectivity index (χ2n) is 4.65. The highest BCUT2D eigenvalue weighted by Gasteiger charge is 2.18. The van der Waals surface area contributed by atoms with Crippen molar-refractivity contribution in [2.24, 2.45) is 0 Å². The summed E-state index contributed by atoms with van der Waals surface area (Å²) in [5.41, 5.74) is 0.345. The zero-order valence-electron chi connectivity index (χ0n) is 14.1. The minimum atomic E-state index is -0.367. The lowest BCUT2D eigenvalue weighted by Gasteiger charge is -2.14. The van der Waals surface area contributed by atoms with Gasteiger partial charge < -0.3 is 24.3 Å². The summed E-state index contributed by atoms with van der Waals surface area (Å²) >= 11 is 0. The van der Waals surface area contributed by atoms with Gasteiger partial charge in [-0.2, -0.15) is 0 Å². The number of methoxy groups -OCH3 is 3. The van der Waals surface area contributed by atoms with Crippen molar-refractivity contribution in [3.05, 3.63) is 36.0 Å². The fourth-order valence-corrected chi connectivity index (χ4v) is 2.15. The quantitative estimate of drug-likeness (QED) is 0.840. The number of benzene rings is 1. The van der Waals surface area contributed by atoms with Crippen LogP contribution in [0.5, 0.6) is 23.0 Å². The Kier molecular flexibility index (Phi) is 5.83. The molecule has 0 aliphatic heterocycles. The molecule has 7 heteroatoms. The molecule has 0 saturated carbocycles. The van der Waals surface area contributed by atoms with Crippen LogP contribution in [0.3, 0.4) is 0 Å². The Labute approximate surface area is 140 Å². The number of pyridine rings is 1. The second kappa shape index (κ2) is 8.05. The fourth-order valence-electron chi connectivity index (χ4n) is 2.15. The molecule has 7 nitrogen and oxygen atoms in total. The van der Waals surface area contributed by atoms with Gasteiger partial charge in [0.05, 0.1) is 27.9 Å². The summed E-state index contributed by atoms with van der Waals surface area (Å²) < 4.78 is 21.2. The van der Waals surface area contributed by atoms with Gasteiger partial charge in [0.1, 0.15) is 0 Å². The first-order valence-electron chi connectivity index (χ1n) is 7.33. The lowest BCUT2D eigenvalue weighted by Crippen LogP contribution is -2.14. The third-order valence-electron chi connectivity index (χ3n) is 3.23. The molecule has 24 heavy (non-hydrogen) atoms. The maximum Gasteiger partial charge on any atom is 0.257 e. The maximum absolute atomic E-state index is 12.5. The van der Waals surface area contributed by atoms with E-state index in [1.807, 2.05) is 6.92 Å². The zero-order valence-corrected chi connectivity index (χ0v) is 14.1. The number of ether oxygens (including phenoxy) is 4. The van der Waals surface area contributed by atoms with Gasteiger partial charge in [0, 0.05) is 11.8 Å². The smallest absolute Gasteiger partial charge is 0.257 e. The number of hydrogen-bond donors (Lipinski definition) is 1. The number of nitrogens with zero attached hydrogens (tertiary/aromatic N) is 1. The van der Waals surface area contributed by atoms with Crippen molar-refractivity contribution in [1.29, 1.82) is 0 Å². The Bertz CT molecular complexity index is 693. The van der Waals surface area contributed by atoms with E-state index in [0.717, 1.165) is 0 Å². The predicted octanol–water partition coefficient (Wildman–Crippen LogP) is 2.76. The average molecular weight is 332 g/mol. The highest BCUT2D eigenvalue weighted by Crippen LogP contribution is 2.38. The van der Waals surface area contributed by atoms with E-state index in [2.05, 4.69) is 10.3 Å². The van der Waals surface area contributed by atoms with Crippen LogP contribution in [0.4, 0.5) is 5.82 Å². The number of aromatic nitrogens is 1. The van der Waals surface area contributed by atoms with E-state index in [-0.39, 0.29) is 5.91 Å². The largest absolute Gasteiger partial charge is 0.493 e. The molecular weight excluding hydrogens is 312 g/mol. The summed E-state index contributed by atoms with van der Waals surface area (Å²) in [6, 6.07) is 6.61. The molecule has 0 bridgehead atoms. The molecular formula is C17H20N2O5. The second-order valence-corrected chi connectivity index (χ2v) is 4.65. The zero-order chi connectivity index (χ0) is 17.5. The molecule has 2 rings (SSSR count). The van der Waals surface area contributed by atoms with Crippen molar-refractivity contribution in [2.75, 3.05) is 33.3 Å². The van der Waals surface area contributed by atoms with Crippen LogP contribution in [-0.4, -0.2) is 38.8 Å². The van der Waals surface area contributed by atoms with Crippen molar-refractivity contribution in [2.45, 2.75) is 6.92 Å². The Morgan fingerprint density at radius 1 is 1.08 bits per heavy atom. The van der Waals surface area contributed by atoms with E-state index < -0.39 is 0 Å². The fraction of sp³-hybridized carbons (Fsp3) is 0.294. The van der Waals surface area contributed by atoms with Crippen LogP contribution in [0.25, 0.3) is 0 Å². The van der Waals surface area contributed by atoms with Crippen molar-refractivity contribution in [3.8, 4) is 23.0 Å². The van der Waals surface area contributed by atoms with Gasteiger partial charge in [0.15, 0.2) is 23.1 Å². The SMILES string of the molecule is CCOc1cccnc1NC(=O)c1cc(OC)c(OC)c(OC)c1. The van der Waals surface area contributed by atoms with Gasteiger partial charge in [-0.1, -0.05) is 0 Å². The molecule has 1 amide bonds. The van der Waals surface area contributed by atoms with Crippen molar-refractivity contribution in [1.82, 2.24) is 4.98 Å². The number of amides is 1. The monoisotopic (exact) mass is 332 g/mol. The van der Waals surface area contributed by atoms with Crippen LogP contribution < -0.4 is 24.3 Å². The van der Waals surface area contributed by atoms with E-state index in [9.17, 15) is 4.79 Å². The number of carbonyl (C=O) groups excluding carboxylic acids is 1. The topological polar surface area (TPSA) is 78.9 Å². The molecule has 0 fully saturated rings. The lowest BCUT2D eigenvalue weighted by molar-refractivity contribution is 0.102. The summed E-state index contributed by atoms with van der Waals surface area (Å²) in [5.74, 6) is 1.69. The van der Waals surface area contributed by atoms with Crippen LogP contribution in [0.15, 0.2) is 30.5 Å². The number of rotatable bonds is 7. The molecule has 0 saturated heterocycles. The highest BCUT2D eigenvalue weighted by atomic mass is 16.5. The van der Waals surface area contributed by atoms with Gasteiger partial charge in [0.2, 0.25) is 5.75 Å². The average Bonchev–Trinajstić information content (AvgIpc) is 2.62. The summed E-state index contributed by atoms with van der Waals surface area (Å²) in [6.45, 7) is 2.33. The van der Waals surface area contributed by atoms with Crippen LogP contribution in [0, 0.1) is 0 Å². The summed E-state index contributed by atoms with van der Waals surface area (Å²) in [6.07, 6.45) is 1.58. The maximum atomic E-state index is 12.5. The first-order chi connectivity index (χ1) is 11.6. The van der Waals surface area contributed by atoms with Gasteiger partial charge in [-0.05, 0) is 31.2 Å². The molecule has 0 spiro atoms. The molecule has 0 aliphatic rings. The van der Waals surface area contributed by atoms with Crippen LogP contribution in [0.2, 0.25) is 0 Å². The predicted molar refractivity (Wildman–Crippen MR) is 89.5 cm³/mol. The lowest BCUT2D eigenvalue weighted by atomic mass is 10.1. The summed E-state index contributed by atoms with van der Waals surface area (Å²) in [7, 11) is 4.48. The minimum absolute atomic E-state index is 0.345. The van der Waals surface area contributed by atoms with Crippen LogP contribution in [-0.2, 0) is 0 Å². The minimum Gasteiger partial charge on any atom is -0.493 e. The summed E-state index contributed by atoms with van der Waals surface area (Å²) in [4.78, 5) is 16.7. The van der Waals surface area contributed by atoms with Crippen molar-refractivity contribution in [3.63, 3.8) is 0 Å². The van der Waals surface area contributed by atoms with Crippen molar-refractivity contribution >= 4 is 11.7 Å². The summed E-state index contributed by atoms with van der Waals surface area (Å²) in [5, 5.41) is 2.72. The number of carbonyl (C=O) groups is 1. The van der Waals surface area contributed by atoms with Crippen LogP contribution >= 0.6 is 0 Å². The Balaban J connectivity index is 2.33. The molecule has 1 N–H and O–H groups in total. The third-order valence-corrected chi connectivity index (χ3v) is 3.23. The van der Waals surface area contributed by atoms with Crippen LogP contribution in [0.1, 0.15) is 17.3 Å². The van der Waals surface area contributed by atoms with Gasteiger partial charge in [-0.15, -0.1) is 0 Å². The number of hydrogen-bond acceptors (Lipinski definition) is 6. The van der Waals surface area contributed by atoms with Gasteiger partial charge >= 0.3 is 0 Å². The van der Waals surface area contributed by atoms with Gasteiger partial charge in [0.25, 0.3) is 5.91 Å². The highest BCUT2D eigenvalue weighted by molar-refractivity contribution is 6.05. The normalized spacial score (nSPS) is 10.0. The third kappa shape index (κ3) is 3.68. The van der Waals surface area contributed by atoms with E-state index in [0.29, 0.717) is 41.0 Å². The first kappa shape index (κ1) is 17.4. The molecule has 2 aromatic rings. The molecule has 1 aromatic carbocycles. The Morgan fingerprint density at radius 2 is 1.75 bits per heavy atom. The first-order valence-corrected chi connectivity index (χ1v) is 7.33. The van der Waals surface area contributed by atoms with E-state index >= 15 is 0 Å². The van der Waals surface area contributed by atoms with E-state index in [4.69, 9.17) is 18.9 Å². The van der Waals surface area contributed by atoms with Gasteiger partial charge in [-0.3, -0.25) is 4.79 Å². The molecule has 0 radical (unpaired) electrons. The van der Waals surface area contributed by atoms with Crippen molar-refractivity contribution < 1.29 is 23.7 Å². The molecule has 128 valence electrons. The van der Waals surface area contributed by atoms with E-state index in [1.165, 1.54) is 21.3 Å². The molecule has 1 aromatic heterocycles. The molecule has 1 heterocycles. The van der Waals surface area contributed by atoms with E-state index in [1.54, 1.807) is 30.5 Å². The molecule has 0 atom stereocenters. The Morgan fingerprint density at radius 3 is 2.29 bits per heavy atom. The standard InChI is InChI=1S/C17H20N2O5/c1-5-24-12-7-6-8-18-16(12)19-17(20)11-9-13(21-2)15(23-4)14(10-11)22-3/h6-10H,5H2,1-4H3,(H,18,19,20). The van der Waals surface area contributed by atoms with Gasteiger partial charge in [-0.25, -0.2) is 4.98 Å². The molecule has 0 unspecified atom stereocenters.